The Morgan fingerprint density at radius 3 is 2.71 bits per heavy atom. The van der Waals surface area contributed by atoms with Crippen molar-refractivity contribution in [3.63, 3.8) is 0 Å². The van der Waals surface area contributed by atoms with Gasteiger partial charge in [-0.25, -0.2) is 9.97 Å². The van der Waals surface area contributed by atoms with E-state index in [0.717, 1.165) is 31.1 Å². The highest BCUT2D eigenvalue weighted by Crippen LogP contribution is 2.26. The lowest BCUT2D eigenvalue weighted by atomic mass is 9.99. The molecule has 4 nitrogen and oxygen atoms in total. The van der Waals surface area contributed by atoms with E-state index in [1.165, 1.54) is 18.5 Å². The Bertz CT molecular complexity index is 553. The van der Waals surface area contributed by atoms with Crippen LogP contribution in [0.5, 0.6) is 0 Å². The zero-order valence-electron chi connectivity index (χ0n) is 12.5. The lowest BCUT2D eigenvalue weighted by Gasteiger charge is -2.16. The maximum absolute atomic E-state index is 4.26. The molecule has 4 heteroatoms. The minimum atomic E-state index is 0.682. The van der Waals surface area contributed by atoms with Gasteiger partial charge in [-0.3, -0.25) is 0 Å². The molecule has 0 spiro atoms. The summed E-state index contributed by atoms with van der Waals surface area (Å²) in [5.74, 6) is 1.40. The standard InChI is InChI=1S/C17H22N4/c1-14-11-19-17(20-12-14)18-8-10-21-9-7-16(13-21)15-5-3-2-4-6-15/h2-6,11-12,16H,7-10,13H2,1H3,(H,18,19,20)/t16-/m0/s1. The number of rotatable bonds is 5. The molecule has 1 aliphatic rings. The third-order valence-corrected chi connectivity index (χ3v) is 4.04. The Labute approximate surface area is 126 Å². The van der Waals surface area contributed by atoms with Crippen molar-refractivity contribution in [1.29, 1.82) is 0 Å². The highest BCUT2D eigenvalue weighted by molar-refractivity contribution is 5.24. The van der Waals surface area contributed by atoms with E-state index in [1.54, 1.807) is 0 Å². The molecule has 0 aliphatic carbocycles. The van der Waals surface area contributed by atoms with Crippen molar-refractivity contribution >= 4 is 5.95 Å². The molecule has 1 atom stereocenters. The summed E-state index contributed by atoms with van der Waals surface area (Å²) in [5, 5.41) is 3.29. The second kappa shape index (κ2) is 6.68. The van der Waals surface area contributed by atoms with Crippen molar-refractivity contribution in [1.82, 2.24) is 14.9 Å². The predicted octanol–water partition coefficient (Wildman–Crippen LogP) is 2.69. The highest BCUT2D eigenvalue weighted by atomic mass is 15.2. The van der Waals surface area contributed by atoms with Gasteiger partial charge in [-0.05, 0) is 36.9 Å². The third-order valence-electron chi connectivity index (χ3n) is 4.04. The largest absolute Gasteiger partial charge is 0.353 e. The highest BCUT2D eigenvalue weighted by Gasteiger charge is 2.22. The fraction of sp³-hybridized carbons (Fsp3) is 0.412. The zero-order valence-corrected chi connectivity index (χ0v) is 12.5. The van der Waals surface area contributed by atoms with Crippen LogP contribution in [0.4, 0.5) is 5.95 Å². The molecule has 0 unspecified atom stereocenters. The molecule has 1 aromatic heterocycles. The van der Waals surface area contributed by atoms with Crippen LogP contribution in [-0.4, -0.2) is 41.0 Å². The molecule has 0 saturated carbocycles. The molecule has 1 saturated heterocycles. The maximum Gasteiger partial charge on any atom is 0.222 e. The van der Waals surface area contributed by atoms with Gasteiger partial charge in [-0.15, -0.1) is 0 Å². The van der Waals surface area contributed by atoms with Gasteiger partial charge in [-0.2, -0.15) is 0 Å². The fourth-order valence-electron chi connectivity index (χ4n) is 2.84. The van der Waals surface area contributed by atoms with Crippen LogP contribution in [-0.2, 0) is 0 Å². The smallest absolute Gasteiger partial charge is 0.222 e. The summed E-state index contributed by atoms with van der Waals surface area (Å²) in [6.07, 6.45) is 4.94. The monoisotopic (exact) mass is 282 g/mol. The van der Waals surface area contributed by atoms with Crippen LogP contribution in [0.3, 0.4) is 0 Å². The number of hydrogen-bond acceptors (Lipinski definition) is 4. The first kappa shape index (κ1) is 14.0. The molecule has 1 N–H and O–H groups in total. The minimum absolute atomic E-state index is 0.682. The van der Waals surface area contributed by atoms with Crippen LogP contribution in [0, 0.1) is 6.92 Å². The van der Waals surface area contributed by atoms with E-state index >= 15 is 0 Å². The Hall–Kier alpha value is -1.94. The second-order valence-corrected chi connectivity index (χ2v) is 5.71. The summed E-state index contributed by atoms with van der Waals surface area (Å²) >= 11 is 0. The van der Waals surface area contributed by atoms with Crippen molar-refractivity contribution in [2.24, 2.45) is 0 Å². The topological polar surface area (TPSA) is 41.1 Å². The van der Waals surface area contributed by atoms with E-state index < -0.39 is 0 Å². The summed E-state index contributed by atoms with van der Waals surface area (Å²) in [6, 6.07) is 10.8. The number of nitrogens with zero attached hydrogens (tertiary/aromatic N) is 3. The minimum Gasteiger partial charge on any atom is -0.353 e. The summed E-state index contributed by atoms with van der Waals surface area (Å²) in [4.78, 5) is 11.0. The summed E-state index contributed by atoms with van der Waals surface area (Å²) < 4.78 is 0. The van der Waals surface area contributed by atoms with Gasteiger partial charge in [0, 0.05) is 32.0 Å². The predicted molar refractivity (Wildman–Crippen MR) is 85.5 cm³/mol. The van der Waals surface area contributed by atoms with Gasteiger partial charge in [0.05, 0.1) is 0 Å². The normalized spacial score (nSPS) is 18.8. The molecule has 0 amide bonds. The summed E-state index contributed by atoms with van der Waals surface area (Å²) in [7, 11) is 0. The number of anilines is 1. The number of likely N-dealkylation sites (tertiary alicyclic amines) is 1. The molecule has 1 aromatic carbocycles. The molecule has 2 heterocycles. The first-order chi connectivity index (χ1) is 10.3. The van der Waals surface area contributed by atoms with E-state index in [4.69, 9.17) is 0 Å². The van der Waals surface area contributed by atoms with E-state index in [0.29, 0.717) is 5.92 Å². The first-order valence-corrected chi connectivity index (χ1v) is 7.61. The Kier molecular flexibility index (Phi) is 4.46. The van der Waals surface area contributed by atoms with Gasteiger partial charge in [0.25, 0.3) is 0 Å². The number of benzene rings is 1. The van der Waals surface area contributed by atoms with Gasteiger partial charge >= 0.3 is 0 Å². The molecule has 21 heavy (non-hydrogen) atoms. The van der Waals surface area contributed by atoms with Crippen molar-refractivity contribution in [2.45, 2.75) is 19.3 Å². The van der Waals surface area contributed by atoms with Gasteiger partial charge in [0.15, 0.2) is 0 Å². The first-order valence-electron chi connectivity index (χ1n) is 7.61. The quantitative estimate of drug-likeness (QED) is 0.915. The summed E-state index contributed by atoms with van der Waals surface area (Å²) in [5.41, 5.74) is 2.56. The van der Waals surface area contributed by atoms with Crippen molar-refractivity contribution in [2.75, 3.05) is 31.5 Å². The van der Waals surface area contributed by atoms with E-state index in [-0.39, 0.29) is 0 Å². The Morgan fingerprint density at radius 2 is 1.95 bits per heavy atom. The lowest BCUT2D eigenvalue weighted by molar-refractivity contribution is 0.347. The third kappa shape index (κ3) is 3.79. The zero-order chi connectivity index (χ0) is 14.5. The molecule has 1 fully saturated rings. The molecule has 3 rings (SSSR count). The molecular weight excluding hydrogens is 260 g/mol. The Balaban J connectivity index is 1.44. The average molecular weight is 282 g/mol. The molecular formula is C17H22N4. The SMILES string of the molecule is Cc1cnc(NCCN2CC[C@H](c3ccccc3)C2)nc1. The molecule has 0 radical (unpaired) electrons. The van der Waals surface area contributed by atoms with Crippen LogP contribution in [0.25, 0.3) is 0 Å². The molecule has 110 valence electrons. The van der Waals surface area contributed by atoms with Gasteiger partial charge < -0.3 is 10.2 Å². The molecule has 1 aliphatic heterocycles. The van der Waals surface area contributed by atoms with Crippen LogP contribution in [0.1, 0.15) is 23.5 Å². The fourth-order valence-corrected chi connectivity index (χ4v) is 2.84. The van der Waals surface area contributed by atoms with E-state index in [1.807, 2.05) is 19.3 Å². The van der Waals surface area contributed by atoms with Crippen LogP contribution in [0.2, 0.25) is 0 Å². The molecule has 0 bridgehead atoms. The lowest BCUT2D eigenvalue weighted by Crippen LogP contribution is -2.27. The van der Waals surface area contributed by atoms with Crippen molar-refractivity contribution in [3.8, 4) is 0 Å². The van der Waals surface area contributed by atoms with E-state index in [9.17, 15) is 0 Å². The van der Waals surface area contributed by atoms with Crippen molar-refractivity contribution in [3.05, 3.63) is 53.9 Å². The summed E-state index contributed by atoms with van der Waals surface area (Å²) in [6.45, 7) is 6.26. The van der Waals surface area contributed by atoms with Crippen LogP contribution < -0.4 is 5.32 Å². The van der Waals surface area contributed by atoms with Crippen LogP contribution >= 0.6 is 0 Å². The molecule has 2 aromatic rings. The van der Waals surface area contributed by atoms with Crippen molar-refractivity contribution < 1.29 is 0 Å². The number of nitrogens with one attached hydrogen (secondary N) is 1. The Morgan fingerprint density at radius 1 is 1.19 bits per heavy atom. The average Bonchev–Trinajstić information content (AvgIpc) is 2.99. The number of hydrogen-bond donors (Lipinski definition) is 1. The number of aryl methyl sites for hydroxylation is 1. The van der Waals surface area contributed by atoms with Gasteiger partial charge in [0.1, 0.15) is 0 Å². The number of aromatic nitrogens is 2. The second-order valence-electron chi connectivity index (χ2n) is 5.71. The van der Waals surface area contributed by atoms with E-state index in [2.05, 4.69) is 50.5 Å². The van der Waals surface area contributed by atoms with Gasteiger partial charge in [0.2, 0.25) is 5.95 Å². The van der Waals surface area contributed by atoms with Crippen LogP contribution in [0.15, 0.2) is 42.7 Å². The maximum atomic E-state index is 4.26. The van der Waals surface area contributed by atoms with Gasteiger partial charge in [-0.1, -0.05) is 30.3 Å².